The third-order valence-corrected chi connectivity index (χ3v) is 4.37. The molecule has 8 heteroatoms. The first kappa shape index (κ1) is 16.3. The number of benzene rings is 1. The van der Waals surface area contributed by atoms with E-state index in [4.69, 9.17) is 13.7 Å². The van der Waals surface area contributed by atoms with E-state index in [9.17, 15) is 9.59 Å². The number of hydrogen-bond donors (Lipinski definition) is 0. The Hall–Kier alpha value is -3.16. The van der Waals surface area contributed by atoms with Crippen molar-refractivity contribution in [3.63, 3.8) is 0 Å². The molecule has 4 rings (SSSR count). The van der Waals surface area contributed by atoms with Gasteiger partial charge in [-0.15, -0.1) is 0 Å². The van der Waals surface area contributed by atoms with Gasteiger partial charge in [0, 0.05) is 25.0 Å². The molecule has 1 aromatic carbocycles. The smallest absolute Gasteiger partial charge is 0.339 e. The zero-order chi connectivity index (χ0) is 18.3. The molecule has 2 heterocycles. The summed E-state index contributed by atoms with van der Waals surface area (Å²) in [5.41, 5.74) is 2.12. The minimum atomic E-state index is -0.361. The van der Waals surface area contributed by atoms with Crippen LogP contribution in [0, 0.1) is 0 Å². The van der Waals surface area contributed by atoms with Crippen LogP contribution in [0.2, 0.25) is 0 Å². The number of aromatic nitrogens is 2. The molecule has 1 amide bonds. The van der Waals surface area contributed by atoms with Crippen molar-refractivity contribution < 1.29 is 18.5 Å². The number of ether oxygens (including phenoxy) is 1. The van der Waals surface area contributed by atoms with Gasteiger partial charge in [0.1, 0.15) is 11.3 Å². The summed E-state index contributed by atoms with van der Waals surface area (Å²) in [4.78, 5) is 29.1. The van der Waals surface area contributed by atoms with E-state index < -0.39 is 0 Å². The zero-order valence-corrected chi connectivity index (χ0v) is 14.4. The van der Waals surface area contributed by atoms with Gasteiger partial charge in [0.05, 0.1) is 0 Å². The number of carbonyl (C=O) groups is 1. The van der Waals surface area contributed by atoms with Crippen LogP contribution < -0.4 is 10.4 Å². The third-order valence-electron chi connectivity index (χ3n) is 4.37. The maximum atomic E-state index is 12.0. The van der Waals surface area contributed by atoms with Crippen LogP contribution in [0.1, 0.15) is 34.1 Å². The van der Waals surface area contributed by atoms with Crippen molar-refractivity contribution in [3.05, 3.63) is 51.5 Å². The molecule has 0 saturated carbocycles. The van der Waals surface area contributed by atoms with Gasteiger partial charge >= 0.3 is 17.4 Å². The maximum absolute atomic E-state index is 12.0. The lowest BCUT2D eigenvalue weighted by Gasteiger charge is -2.07. The van der Waals surface area contributed by atoms with Crippen LogP contribution in [-0.2, 0) is 19.4 Å². The molecule has 26 heavy (non-hydrogen) atoms. The lowest BCUT2D eigenvalue weighted by molar-refractivity contribution is 0.0779. The molecule has 2 aromatic heterocycles. The Labute approximate surface area is 148 Å². The highest BCUT2D eigenvalue weighted by Gasteiger charge is 2.20. The highest BCUT2D eigenvalue weighted by molar-refractivity contribution is 5.89. The first-order valence-corrected chi connectivity index (χ1v) is 8.28. The molecule has 134 valence electrons. The van der Waals surface area contributed by atoms with Crippen molar-refractivity contribution in [2.45, 2.75) is 25.9 Å². The number of rotatable bonds is 4. The summed E-state index contributed by atoms with van der Waals surface area (Å²) in [6.45, 7) is 0.0642. The fraction of sp³-hybridized carbons (Fsp3) is 0.333. The lowest BCUT2D eigenvalue weighted by Crippen LogP contribution is -2.22. The third kappa shape index (κ3) is 2.83. The fourth-order valence-electron chi connectivity index (χ4n) is 3.09. The zero-order valence-electron chi connectivity index (χ0n) is 14.4. The second-order valence-electron chi connectivity index (χ2n) is 6.36. The molecule has 3 aromatic rings. The van der Waals surface area contributed by atoms with Crippen molar-refractivity contribution >= 4 is 16.9 Å². The second-order valence-corrected chi connectivity index (χ2v) is 6.36. The maximum Gasteiger partial charge on any atom is 0.339 e. The van der Waals surface area contributed by atoms with Gasteiger partial charge in [0.25, 0.3) is 0 Å². The molecule has 0 fully saturated rings. The van der Waals surface area contributed by atoms with Gasteiger partial charge in [0.2, 0.25) is 5.82 Å². The van der Waals surface area contributed by atoms with E-state index in [1.165, 1.54) is 4.90 Å². The number of hydrogen-bond acceptors (Lipinski definition) is 7. The minimum absolute atomic E-state index is 0.0642. The Morgan fingerprint density at radius 3 is 2.88 bits per heavy atom. The van der Waals surface area contributed by atoms with E-state index in [2.05, 4.69) is 10.1 Å². The first-order valence-electron chi connectivity index (χ1n) is 8.28. The van der Waals surface area contributed by atoms with Crippen LogP contribution in [0.5, 0.6) is 5.75 Å². The van der Waals surface area contributed by atoms with Crippen molar-refractivity contribution in [2.24, 2.45) is 0 Å². The number of amides is 1. The first-order chi connectivity index (χ1) is 12.5. The Balaban J connectivity index is 1.56. The average Bonchev–Trinajstić information content (AvgIpc) is 3.29. The van der Waals surface area contributed by atoms with Crippen LogP contribution in [0.4, 0.5) is 0 Å². The molecule has 0 unspecified atom stereocenters. The predicted molar refractivity (Wildman–Crippen MR) is 91.2 cm³/mol. The molecular formula is C18H17N3O5. The topological polar surface area (TPSA) is 98.7 Å². The quantitative estimate of drug-likeness (QED) is 0.660. The fourth-order valence-corrected chi connectivity index (χ4v) is 3.09. The molecule has 0 radical (unpaired) electrons. The molecule has 0 bridgehead atoms. The van der Waals surface area contributed by atoms with E-state index in [-0.39, 0.29) is 29.9 Å². The van der Waals surface area contributed by atoms with Gasteiger partial charge in [-0.1, -0.05) is 5.16 Å². The van der Waals surface area contributed by atoms with Gasteiger partial charge in [-0.05, 0) is 43.0 Å². The van der Waals surface area contributed by atoms with Crippen LogP contribution in [0.15, 0.2) is 31.9 Å². The molecular weight excluding hydrogens is 338 g/mol. The summed E-state index contributed by atoms with van der Waals surface area (Å²) in [5.74, 6) is 0.442. The molecule has 0 saturated heterocycles. The Bertz CT molecular complexity index is 1050. The van der Waals surface area contributed by atoms with Crippen molar-refractivity contribution in [1.29, 1.82) is 0 Å². The van der Waals surface area contributed by atoms with E-state index in [1.54, 1.807) is 26.2 Å². The summed E-state index contributed by atoms with van der Waals surface area (Å²) in [7, 11) is 3.21. The van der Waals surface area contributed by atoms with Crippen LogP contribution >= 0.6 is 0 Å². The average molecular weight is 355 g/mol. The standard InChI is InChI=1S/C18H17N3O5/c1-21(2)17(22)16-19-15(20-26-16)9-24-10-6-7-14-13(8-10)11-4-3-5-12(11)18(23)25-14/h6-8H,3-5,9H2,1-2H3. The summed E-state index contributed by atoms with van der Waals surface area (Å²) >= 11 is 0. The monoisotopic (exact) mass is 355 g/mol. The van der Waals surface area contributed by atoms with E-state index >= 15 is 0 Å². The van der Waals surface area contributed by atoms with Crippen molar-refractivity contribution in [3.8, 4) is 5.75 Å². The second kappa shape index (κ2) is 6.29. The summed E-state index contributed by atoms with van der Waals surface area (Å²) in [6.07, 6.45) is 2.57. The van der Waals surface area contributed by atoms with E-state index in [0.29, 0.717) is 11.3 Å². The molecule has 0 N–H and O–H groups in total. The summed E-state index contributed by atoms with van der Waals surface area (Å²) in [6, 6.07) is 5.30. The van der Waals surface area contributed by atoms with Gasteiger partial charge in [-0.2, -0.15) is 4.98 Å². The molecule has 1 aliphatic rings. The van der Waals surface area contributed by atoms with E-state index in [1.807, 2.05) is 6.07 Å². The summed E-state index contributed by atoms with van der Waals surface area (Å²) < 4.78 is 16.0. The van der Waals surface area contributed by atoms with Gasteiger partial charge in [-0.25, -0.2) is 4.79 Å². The van der Waals surface area contributed by atoms with E-state index in [0.717, 1.165) is 35.8 Å². The lowest BCUT2D eigenvalue weighted by atomic mass is 10.1. The summed E-state index contributed by atoms with van der Waals surface area (Å²) in [5, 5.41) is 4.64. The van der Waals surface area contributed by atoms with Gasteiger partial charge in [-0.3, -0.25) is 4.79 Å². The van der Waals surface area contributed by atoms with Crippen molar-refractivity contribution in [1.82, 2.24) is 15.0 Å². The number of fused-ring (bicyclic) bond motifs is 3. The number of nitrogens with zero attached hydrogens (tertiary/aromatic N) is 3. The molecule has 0 aliphatic heterocycles. The molecule has 0 atom stereocenters. The Morgan fingerprint density at radius 2 is 2.08 bits per heavy atom. The Morgan fingerprint density at radius 1 is 1.27 bits per heavy atom. The minimum Gasteiger partial charge on any atom is -0.485 e. The van der Waals surface area contributed by atoms with Gasteiger partial charge < -0.3 is 18.6 Å². The predicted octanol–water partition coefficient (Wildman–Crippen LogP) is 1.95. The molecule has 0 spiro atoms. The van der Waals surface area contributed by atoms with Crippen LogP contribution in [0.25, 0.3) is 11.0 Å². The number of aryl methyl sites for hydroxylation is 1. The molecule has 1 aliphatic carbocycles. The van der Waals surface area contributed by atoms with Crippen LogP contribution in [0.3, 0.4) is 0 Å². The van der Waals surface area contributed by atoms with Crippen LogP contribution in [-0.4, -0.2) is 35.0 Å². The molecule has 8 nitrogen and oxygen atoms in total. The van der Waals surface area contributed by atoms with Gasteiger partial charge in [0.15, 0.2) is 6.61 Å². The Kier molecular flexibility index (Phi) is 3.95. The van der Waals surface area contributed by atoms with Crippen molar-refractivity contribution in [2.75, 3.05) is 14.1 Å². The SMILES string of the molecule is CN(C)C(=O)c1nc(COc2ccc3oc(=O)c4c(c3c2)CCC4)no1. The normalized spacial score (nSPS) is 13.0. The largest absolute Gasteiger partial charge is 0.485 e. The highest BCUT2D eigenvalue weighted by Crippen LogP contribution is 2.30. The number of carbonyl (C=O) groups excluding carboxylic acids is 1. The highest BCUT2D eigenvalue weighted by atomic mass is 16.5.